The molecule has 0 N–H and O–H groups in total. The van der Waals surface area contributed by atoms with Gasteiger partial charge in [-0.05, 0) is 13.0 Å². The van der Waals surface area contributed by atoms with Gasteiger partial charge in [0.2, 0.25) is 5.95 Å². The number of halogens is 1. The number of methoxy groups -OCH3 is 1. The van der Waals surface area contributed by atoms with Crippen molar-refractivity contribution in [3.8, 4) is 11.6 Å². The summed E-state index contributed by atoms with van der Waals surface area (Å²) in [5, 5.41) is 0. The Balaban J connectivity index is 1.39. The summed E-state index contributed by atoms with van der Waals surface area (Å²) in [6.07, 6.45) is 5.83. The van der Waals surface area contributed by atoms with Crippen molar-refractivity contribution in [3.05, 3.63) is 54.0 Å². The number of aromatic nitrogens is 5. The van der Waals surface area contributed by atoms with E-state index in [1.165, 1.54) is 6.07 Å². The van der Waals surface area contributed by atoms with E-state index >= 15 is 0 Å². The first-order valence-electron chi connectivity index (χ1n) is 11.1. The summed E-state index contributed by atoms with van der Waals surface area (Å²) >= 11 is 0. The summed E-state index contributed by atoms with van der Waals surface area (Å²) < 4.78 is 25.5. The summed E-state index contributed by atoms with van der Waals surface area (Å²) in [5.74, 6) is 1.12. The molecular weight excluding hydrogens is 425 g/mol. The average molecular weight is 452 g/mol. The molecule has 5 heterocycles. The van der Waals surface area contributed by atoms with Gasteiger partial charge in [-0.25, -0.2) is 24.9 Å². The number of fused-ring (bicyclic) bond motifs is 1. The summed E-state index contributed by atoms with van der Waals surface area (Å²) in [7, 11) is 1.65. The molecule has 0 radical (unpaired) electrons. The minimum absolute atomic E-state index is 0.0378. The maximum Gasteiger partial charge on any atom is 0.216 e. The number of pyridine rings is 1. The Morgan fingerprint density at radius 1 is 1.12 bits per heavy atom. The van der Waals surface area contributed by atoms with Crippen LogP contribution in [0.3, 0.4) is 0 Å². The van der Waals surface area contributed by atoms with Crippen LogP contribution >= 0.6 is 0 Å². The fourth-order valence-corrected chi connectivity index (χ4v) is 4.44. The van der Waals surface area contributed by atoms with Crippen molar-refractivity contribution < 1.29 is 13.9 Å². The van der Waals surface area contributed by atoms with Crippen LogP contribution in [0.15, 0.2) is 36.8 Å². The topological polar surface area (TPSA) is 89.4 Å². The van der Waals surface area contributed by atoms with E-state index in [1.807, 2.05) is 12.3 Å². The first-order valence-corrected chi connectivity index (χ1v) is 11.1. The standard InChI is InChI=1S/C23H26FN7O2/c1-15-18-12-27-23(22-25-5-3-6-26-22)28-19(18)4-7-31(15)21-11-16(10-20(24)29-21)30-8-9-33-17(13-30)14-32-2/h3,5-6,10-12,15,17H,4,7-9,13-14H2,1-2H3. The molecule has 1 fully saturated rings. The van der Waals surface area contributed by atoms with Crippen LogP contribution in [-0.4, -0.2) is 71.0 Å². The molecular formula is C23H26FN7O2. The number of hydrogen-bond donors (Lipinski definition) is 0. The van der Waals surface area contributed by atoms with Gasteiger partial charge in [0, 0.05) is 75.1 Å². The highest BCUT2D eigenvalue weighted by atomic mass is 19.1. The van der Waals surface area contributed by atoms with Crippen LogP contribution in [0.5, 0.6) is 0 Å². The molecule has 0 spiro atoms. The van der Waals surface area contributed by atoms with Gasteiger partial charge in [-0.1, -0.05) is 0 Å². The van der Waals surface area contributed by atoms with Crippen LogP contribution in [0.25, 0.3) is 11.6 Å². The van der Waals surface area contributed by atoms with E-state index in [9.17, 15) is 4.39 Å². The Labute approximate surface area is 191 Å². The van der Waals surface area contributed by atoms with E-state index in [0.29, 0.717) is 56.7 Å². The van der Waals surface area contributed by atoms with Gasteiger partial charge in [0.1, 0.15) is 5.82 Å². The first kappa shape index (κ1) is 21.6. The van der Waals surface area contributed by atoms with Crippen LogP contribution in [0.1, 0.15) is 24.2 Å². The summed E-state index contributed by atoms with van der Waals surface area (Å²) in [5.41, 5.74) is 2.76. The third-order valence-corrected chi connectivity index (χ3v) is 6.09. The largest absolute Gasteiger partial charge is 0.382 e. The molecule has 0 aliphatic carbocycles. The maximum atomic E-state index is 14.6. The Hall–Kier alpha value is -3.24. The van der Waals surface area contributed by atoms with Crippen LogP contribution in [0.2, 0.25) is 0 Å². The van der Waals surface area contributed by atoms with Gasteiger partial charge in [0.25, 0.3) is 0 Å². The summed E-state index contributed by atoms with van der Waals surface area (Å²) in [6.45, 7) is 5.16. The maximum absolute atomic E-state index is 14.6. The first-order chi connectivity index (χ1) is 16.1. The molecule has 5 rings (SSSR count). The second-order valence-corrected chi connectivity index (χ2v) is 8.19. The van der Waals surface area contributed by atoms with Crippen molar-refractivity contribution in [2.45, 2.75) is 25.5 Å². The van der Waals surface area contributed by atoms with Crippen molar-refractivity contribution in [2.75, 3.05) is 49.8 Å². The van der Waals surface area contributed by atoms with E-state index in [2.05, 4.69) is 36.7 Å². The average Bonchev–Trinajstić information content (AvgIpc) is 2.84. The molecule has 9 nitrogen and oxygen atoms in total. The zero-order valence-corrected chi connectivity index (χ0v) is 18.7. The fourth-order valence-electron chi connectivity index (χ4n) is 4.44. The van der Waals surface area contributed by atoms with Gasteiger partial charge >= 0.3 is 0 Å². The number of morpholine rings is 1. The quantitative estimate of drug-likeness (QED) is 0.543. The molecule has 2 aliphatic heterocycles. The zero-order chi connectivity index (χ0) is 22.8. The third kappa shape index (κ3) is 4.49. The normalized spacial score (nSPS) is 20.6. The second-order valence-electron chi connectivity index (χ2n) is 8.19. The fraction of sp³-hybridized carbons (Fsp3) is 0.435. The van der Waals surface area contributed by atoms with Crippen LogP contribution in [0.4, 0.5) is 15.9 Å². The van der Waals surface area contributed by atoms with Crippen molar-refractivity contribution in [2.24, 2.45) is 0 Å². The highest BCUT2D eigenvalue weighted by Gasteiger charge is 2.29. The lowest BCUT2D eigenvalue weighted by atomic mass is 9.99. The van der Waals surface area contributed by atoms with Crippen molar-refractivity contribution in [1.82, 2.24) is 24.9 Å². The van der Waals surface area contributed by atoms with E-state index in [0.717, 1.165) is 16.9 Å². The predicted molar refractivity (Wildman–Crippen MR) is 121 cm³/mol. The van der Waals surface area contributed by atoms with E-state index < -0.39 is 5.95 Å². The minimum Gasteiger partial charge on any atom is -0.382 e. The van der Waals surface area contributed by atoms with Crippen LogP contribution in [0, 0.1) is 5.95 Å². The molecule has 2 unspecified atom stereocenters. The molecule has 10 heteroatoms. The van der Waals surface area contributed by atoms with E-state index in [1.54, 1.807) is 25.6 Å². The molecule has 2 aliphatic rings. The molecule has 0 bridgehead atoms. The third-order valence-electron chi connectivity index (χ3n) is 6.09. The zero-order valence-electron chi connectivity index (χ0n) is 18.7. The van der Waals surface area contributed by atoms with Crippen LogP contribution < -0.4 is 9.80 Å². The SMILES string of the molecule is COCC1CN(c2cc(F)nc(N3CCc4nc(-c5ncccn5)ncc4C3C)c2)CCO1. The highest BCUT2D eigenvalue weighted by Crippen LogP contribution is 2.34. The van der Waals surface area contributed by atoms with Gasteiger partial charge in [0.05, 0.1) is 31.1 Å². The highest BCUT2D eigenvalue weighted by molar-refractivity contribution is 5.57. The lowest BCUT2D eigenvalue weighted by Gasteiger charge is -2.37. The summed E-state index contributed by atoms with van der Waals surface area (Å²) in [4.78, 5) is 26.1. The van der Waals surface area contributed by atoms with Gasteiger partial charge in [-0.2, -0.15) is 4.39 Å². The van der Waals surface area contributed by atoms with Crippen molar-refractivity contribution in [3.63, 3.8) is 0 Å². The molecule has 2 atom stereocenters. The predicted octanol–water partition coefficient (Wildman–Crippen LogP) is 2.44. The molecule has 0 aromatic carbocycles. The molecule has 1 saturated heterocycles. The molecule has 0 amide bonds. The van der Waals surface area contributed by atoms with Gasteiger partial charge in [-0.3, -0.25) is 0 Å². The molecule has 33 heavy (non-hydrogen) atoms. The van der Waals surface area contributed by atoms with Gasteiger partial charge in [0.15, 0.2) is 11.6 Å². The van der Waals surface area contributed by atoms with E-state index in [-0.39, 0.29) is 12.1 Å². The minimum atomic E-state index is -0.497. The number of rotatable bonds is 5. The second kappa shape index (κ2) is 9.32. The van der Waals surface area contributed by atoms with Gasteiger partial charge < -0.3 is 19.3 Å². The molecule has 172 valence electrons. The monoisotopic (exact) mass is 451 g/mol. The number of anilines is 2. The lowest BCUT2D eigenvalue weighted by Crippen LogP contribution is -2.44. The smallest absolute Gasteiger partial charge is 0.216 e. The van der Waals surface area contributed by atoms with Crippen LogP contribution in [-0.2, 0) is 15.9 Å². The van der Waals surface area contributed by atoms with Gasteiger partial charge in [-0.15, -0.1) is 0 Å². The molecule has 0 saturated carbocycles. The summed E-state index contributed by atoms with van der Waals surface area (Å²) in [6, 6.07) is 5.15. The number of nitrogens with zero attached hydrogens (tertiary/aromatic N) is 7. The Kier molecular flexibility index (Phi) is 6.10. The van der Waals surface area contributed by atoms with Crippen molar-refractivity contribution in [1.29, 1.82) is 0 Å². The lowest BCUT2D eigenvalue weighted by molar-refractivity contribution is -0.0100. The van der Waals surface area contributed by atoms with E-state index in [4.69, 9.17) is 14.5 Å². The molecule has 3 aromatic heterocycles. The number of hydrogen-bond acceptors (Lipinski definition) is 9. The number of ether oxygens (including phenoxy) is 2. The van der Waals surface area contributed by atoms with Crippen molar-refractivity contribution >= 4 is 11.5 Å². The molecule has 3 aromatic rings. The Bertz CT molecular complexity index is 1120. The Morgan fingerprint density at radius 3 is 2.79 bits per heavy atom. The Morgan fingerprint density at radius 2 is 1.97 bits per heavy atom.